The van der Waals surface area contributed by atoms with Crippen molar-refractivity contribution in [1.29, 1.82) is 5.26 Å². The van der Waals surface area contributed by atoms with Crippen LogP contribution >= 0.6 is 23.3 Å². The molecule has 0 fully saturated rings. The van der Waals surface area contributed by atoms with Crippen LogP contribution in [0.2, 0.25) is 0 Å². The molecule has 0 saturated carbocycles. The molecule has 3 aromatic rings. The van der Waals surface area contributed by atoms with Gasteiger partial charge in [0.05, 0.1) is 16.3 Å². The van der Waals surface area contributed by atoms with E-state index in [-0.39, 0.29) is 0 Å². The molecule has 3 rings (SSSR count). The van der Waals surface area contributed by atoms with Gasteiger partial charge in [0.2, 0.25) is 0 Å². The fraction of sp³-hybridized carbons (Fsp3) is 0.211. The van der Waals surface area contributed by atoms with E-state index in [1.165, 1.54) is 23.3 Å². The number of carboxylic acid groups (broad SMARTS) is 1. The van der Waals surface area contributed by atoms with Crippen molar-refractivity contribution in [3.63, 3.8) is 0 Å². The van der Waals surface area contributed by atoms with Crippen molar-refractivity contribution in [1.82, 2.24) is 4.37 Å². The third-order valence-corrected chi connectivity index (χ3v) is 6.07. The Kier molecular flexibility index (Phi) is 4.55. The first-order valence-corrected chi connectivity index (χ1v) is 9.23. The second-order valence-electron chi connectivity index (χ2n) is 6.24. The molecule has 0 aliphatic rings. The van der Waals surface area contributed by atoms with Crippen LogP contribution in [0, 0.1) is 18.3 Å². The van der Waals surface area contributed by atoms with E-state index < -0.39 is 10.7 Å². The number of carboxylic acids is 1. The first-order valence-electron chi connectivity index (χ1n) is 7.64. The smallest absolute Gasteiger partial charge is 0.319 e. The van der Waals surface area contributed by atoms with Crippen molar-refractivity contribution in [2.75, 3.05) is 0 Å². The predicted octanol–water partition coefficient (Wildman–Crippen LogP) is 5.10. The molecule has 4 nitrogen and oxygen atoms in total. The number of fused-ring (bicyclic) bond motifs is 1. The van der Waals surface area contributed by atoms with E-state index in [0.29, 0.717) is 5.56 Å². The van der Waals surface area contributed by atoms with Gasteiger partial charge >= 0.3 is 5.97 Å². The molecule has 0 atom stereocenters. The molecule has 126 valence electrons. The van der Waals surface area contributed by atoms with Crippen molar-refractivity contribution < 1.29 is 9.90 Å². The minimum absolute atomic E-state index is 0.609. The number of aromatic nitrogens is 1. The number of hydrogen-bond donors (Lipinski definition) is 1. The van der Waals surface area contributed by atoms with Crippen LogP contribution in [-0.2, 0) is 4.79 Å². The van der Waals surface area contributed by atoms with E-state index in [0.717, 1.165) is 31.7 Å². The summed E-state index contributed by atoms with van der Waals surface area (Å²) in [6, 6.07) is 11.7. The quantitative estimate of drug-likeness (QED) is 0.649. The summed E-state index contributed by atoms with van der Waals surface area (Å²) in [5, 5.41) is 19.6. The molecule has 25 heavy (non-hydrogen) atoms. The number of aliphatic carboxylic acids is 1. The number of benzene rings is 2. The van der Waals surface area contributed by atoms with Gasteiger partial charge in [0.1, 0.15) is 4.75 Å². The second-order valence-corrected chi connectivity index (χ2v) is 8.71. The van der Waals surface area contributed by atoms with Crippen LogP contribution in [0.25, 0.3) is 21.2 Å². The van der Waals surface area contributed by atoms with Crippen molar-refractivity contribution in [2.24, 2.45) is 0 Å². The van der Waals surface area contributed by atoms with Crippen molar-refractivity contribution >= 4 is 39.3 Å². The molecule has 0 spiro atoms. The second kappa shape index (κ2) is 6.51. The topological polar surface area (TPSA) is 74.0 Å². The zero-order valence-corrected chi connectivity index (χ0v) is 15.7. The van der Waals surface area contributed by atoms with Crippen molar-refractivity contribution in [3.8, 4) is 17.2 Å². The summed E-state index contributed by atoms with van der Waals surface area (Å²) >= 11 is 2.73. The zero-order chi connectivity index (χ0) is 18.2. The van der Waals surface area contributed by atoms with Gasteiger partial charge < -0.3 is 5.11 Å². The van der Waals surface area contributed by atoms with E-state index in [9.17, 15) is 9.90 Å². The summed E-state index contributed by atoms with van der Waals surface area (Å²) in [7, 11) is 0. The SMILES string of the molecule is Cc1cc(C#N)ccc1-c1c(SC(C)(C)C(=O)O)ccc2cnsc12. The number of nitrogens with zero attached hydrogens (tertiary/aromatic N) is 2. The Bertz CT molecular complexity index is 1020. The fourth-order valence-corrected chi connectivity index (χ4v) is 4.55. The summed E-state index contributed by atoms with van der Waals surface area (Å²) in [6.07, 6.45) is 1.82. The standard InChI is InChI=1S/C19H16N2O2S2/c1-11-8-12(9-20)4-6-14(11)16-15(24-19(2,3)18(22)23)7-5-13-10-21-25-17(13)16/h4-8,10H,1-3H3,(H,22,23). The summed E-state index contributed by atoms with van der Waals surface area (Å²) < 4.78 is 4.36. The highest BCUT2D eigenvalue weighted by Gasteiger charge is 2.30. The van der Waals surface area contributed by atoms with Crippen LogP contribution in [0.5, 0.6) is 0 Å². The van der Waals surface area contributed by atoms with Crippen LogP contribution in [0.15, 0.2) is 41.4 Å². The van der Waals surface area contributed by atoms with Gasteiger partial charge in [-0.3, -0.25) is 4.79 Å². The van der Waals surface area contributed by atoms with E-state index in [1.54, 1.807) is 19.9 Å². The van der Waals surface area contributed by atoms with Gasteiger partial charge in [-0.2, -0.15) is 9.64 Å². The van der Waals surface area contributed by atoms with E-state index in [1.807, 2.05) is 37.4 Å². The van der Waals surface area contributed by atoms with Crippen LogP contribution in [0.1, 0.15) is 25.0 Å². The average Bonchev–Trinajstić information content (AvgIpc) is 3.03. The Labute approximate surface area is 154 Å². The third kappa shape index (κ3) is 3.26. The van der Waals surface area contributed by atoms with E-state index in [4.69, 9.17) is 5.26 Å². The Morgan fingerprint density at radius 1 is 1.32 bits per heavy atom. The largest absolute Gasteiger partial charge is 0.480 e. The maximum absolute atomic E-state index is 11.6. The monoisotopic (exact) mass is 368 g/mol. The molecule has 1 heterocycles. The lowest BCUT2D eigenvalue weighted by molar-refractivity contribution is -0.138. The van der Waals surface area contributed by atoms with Gasteiger partial charge in [0.25, 0.3) is 0 Å². The van der Waals surface area contributed by atoms with Gasteiger partial charge in [-0.05, 0) is 61.6 Å². The number of rotatable bonds is 4. The predicted molar refractivity (Wildman–Crippen MR) is 102 cm³/mol. The van der Waals surface area contributed by atoms with Crippen LogP contribution in [0.4, 0.5) is 0 Å². The molecule has 0 bridgehead atoms. The highest BCUT2D eigenvalue weighted by molar-refractivity contribution is 8.01. The first kappa shape index (κ1) is 17.5. The van der Waals surface area contributed by atoms with E-state index in [2.05, 4.69) is 10.4 Å². The molecule has 0 radical (unpaired) electrons. The first-order chi connectivity index (χ1) is 11.8. The van der Waals surface area contributed by atoms with E-state index >= 15 is 0 Å². The van der Waals surface area contributed by atoms with Gasteiger partial charge in [0.15, 0.2) is 0 Å². The summed E-state index contributed by atoms with van der Waals surface area (Å²) in [5.41, 5.74) is 3.58. The molecule has 0 saturated heterocycles. The number of carbonyl (C=O) groups is 1. The summed E-state index contributed by atoms with van der Waals surface area (Å²) in [4.78, 5) is 12.5. The normalized spacial score (nSPS) is 11.4. The Balaban J connectivity index is 2.25. The number of nitriles is 1. The highest BCUT2D eigenvalue weighted by Crippen LogP contribution is 2.44. The fourth-order valence-electron chi connectivity index (χ4n) is 2.59. The lowest BCUT2D eigenvalue weighted by Gasteiger charge is -2.21. The molecular weight excluding hydrogens is 352 g/mol. The minimum Gasteiger partial charge on any atom is -0.480 e. The van der Waals surface area contributed by atoms with Gasteiger partial charge in [-0.25, -0.2) is 0 Å². The Hall–Kier alpha value is -2.36. The van der Waals surface area contributed by atoms with Gasteiger partial charge in [-0.1, -0.05) is 12.1 Å². The van der Waals surface area contributed by atoms with Crippen LogP contribution in [-0.4, -0.2) is 20.2 Å². The number of thioether (sulfide) groups is 1. The summed E-state index contributed by atoms with van der Waals surface area (Å²) in [6.45, 7) is 5.37. The molecule has 0 aliphatic heterocycles. The lowest BCUT2D eigenvalue weighted by Crippen LogP contribution is -2.27. The molecule has 0 amide bonds. The molecule has 1 N–H and O–H groups in total. The van der Waals surface area contributed by atoms with Crippen LogP contribution in [0.3, 0.4) is 0 Å². The molecule has 0 aliphatic carbocycles. The number of hydrogen-bond acceptors (Lipinski definition) is 5. The molecule has 2 aromatic carbocycles. The molecule has 0 unspecified atom stereocenters. The Morgan fingerprint density at radius 3 is 2.72 bits per heavy atom. The molecular formula is C19H16N2O2S2. The van der Waals surface area contributed by atoms with Crippen LogP contribution < -0.4 is 0 Å². The molecule has 6 heteroatoms. The van der Waals surface area contributed by atoms with Crippen molar-refractivity contribution in [3.05, 3.63) is 47.7 Å². The average molecular weight is 368 g/mol. The van der Waals surface area contributed by atoms with Gasteiger partial charge in [0, 0.05) is 22.0 Å². The third-order valence-electron chi connectivity index (χ3n) is 3.99. The highest BCUT2D eigenvalue weighted by atomic mass is 32.2. The zero-order valence-electron chi connectivity index (χ0n) is 14.0. The maximum atomic E-state index is 11.6. The molecule has 1 aromatic heterocycles. The number of aryl methyl sites for hydroxylation is 1. The summed E-state index contributed by atoms with van der Waals surface area (Å²) in [5.74, 6) is -0.857. The minimum atomic E-state index is -0.951. The maximum Gasteiger partial charge on any atom is 0.319 e. The van der Waals surface area contributed by atoms with Gasteiger partial charge in [-0.15, -0.1) is 11.8 Å². The lowest BCUT2D eigenvalue weighted by atomic mass is 9.98. The van der Waals surface area contributed by atoms with Crippen molar-refractivity contribution in [2.45, 2.75) is 30.4 Å². The Morgan fingerprint density at radius 2 is 2.08 bits per heavy atom.